The minimum absolute atomic E-state index is 0.00866. The first-order valence-corrected chi connectivity index (χ1v) is 11.5. The van der Waals surface area contributed by atoms with E-state index >= 15 is 0 Å². The maximum Gasteiger partial charge on any atom is 0.333 e. The Kier molecular flexibility index (Phi) is 8.67. The van der Waals surface area contributed by atoms with Crippen LogP contribution in [-0.2, 0) is 25.6 Å². The number of hydrogen-bond acceptors (Lipinski definition) is 8. The first-order valence-electron chi connectivity index (χ1n) is 10.6. The van der Waals surface area contributed by atoms with Gasteiger partial charge in [0.2, 0.25) is 5.91 Å². The maximum atomic E-state index is 13.1. The van der Waals surface area contributed by atoms with Crippen molar-refractivity contribution in [3.63, 3.8) is 0 Å². The van der Waals surface area contributed by atoms with Crippen molar-refractivity contribution in [2.24, 2.45) is 0 Å². The number of esters is 1. The van der Waals surface area contributed by atoms with Crippen LogP contribution in [0, 0.1) is 0 Å². The second-order valence-electron chi connectivity index (χ2n) is 7.32. The van der Waals surface area contributed by atoms with Crippen molar-refractivity contribution in [3.05, 3.63) is 43.3 Å². The van der Waals surface area contributed by atoms with Gasteiger partial charge >= 0.3 is 5.97 Å². The van der Waals surface area contributed by atoms with Crippen molar-refractivity contribution in [1.29, 1.82) is 0 Å². The second-order valence-corrected chi connectivity index (χ2v) is 8.38. The van der Waals surface area contributed by atoms with Gasteiger partial charge in [-0.05, 0) is 43.5 Å². The molecule has 1 atom stereocenters. The molecule has 1 amide bonds. The smallest absolute Gasteiger partial charge is 0.333 e. The van der Waals surface area contributed by atoms with Gasteiger partial charge in [-0.15, -0.1) is 11.3 Å². The molecule has 2 aromatic rings. The summed E-state index contributed by atoms with van der Waals surface area (Å²) in [5.41, 5.74) is 0.298. The summed E-state index contributed by atoms with van der Waals surface area (Å²) in [7, 11) is 3.08. The predicted octanol–water partition coefficient (Wildman–Crippen LogP) is 0.395. The van der Waals surface area contributed by atoms with Gasteiger partial charge in [-0.2, -0.15) is 0 Å². The Hall–Kier alpha value is -3.11. The highest BCUT2D eigenvalue weighted by atomic mass is 32.1. The number of benzene rings is 1. The number of nitrogens with one attached hydrogen (secondary N) is 1. The molecule has 33 heavy (non-hydrogen) atoms. The minimum Gasteiger partial charge on any atom is -0.497 e. The predicted molar refractivity (Wildman–Crippen MR) is 124 cm³/mol. The van der Waals surface area contributed by atoms with Crippen molar-refractivity contribution < 1.29 is 28.5 Å². The first-order chi connectivity index (χ1) is 15.9. The molecule has 1 unspecified atom stereocenters. The minimum atomic E-state index is -0.582. The van der Waals surface area contributed by atoms with Crippen LogP contribution in [0.3, 0.4) is 0 Å². The quantitative estimate of drug-likeness (QED) is 0.522. The van der Waals surface area contributed by atoms with E-state index in [0.29, 0.717) is 39.4 Å². The Bertz CT molecular complexity index is 1140. The normalized spacial score (nSPS) is 16.6. The number of amides is 1. The summed E-state index contributed by atoms with van der Waals surface area (Å²) < 4.78 is 23.0. The van der Waals surface area contributed by atoms with Crippen LogP contribution in [0.5, 0.6) is 11.5 Å². The molecule has 1 aromatic carbocycles. The fourth-order valence-electron chi connectivity index (χ4n) is 3.37. The van der Waals surface area contributed by atoms with Crippen LogP contribution in [0.25, 0.3) is 12.2 Å². The molecule has 10 heteroatoms. The summed E-state index contributed by atoms with van der Waals surface area (Å²) in [6, 6.07) is 5.24. The van der Waals surface area contributed by atoms with E-state index in [1.54, 1.807) is 31.2 Å². The Morgan fingerprint density at radius 3 is 2.58 bits per heavy atom. The molecule has 0 spiro atoms. The Morgan fingerprint density at radius 2 is 1.97 bits per heavy atom. The summed E-state index contributed by atoms with van der Waals surface area (Å²) in [6.45, 7) is 2.76. The van der Waals surface area contributed by atoms with Crippen LogP contribution < -0.4 is 29.5 Å². The van der Waals surface area contributed by atoms with Crippen molar-refractivity contribution >= 4 is 35.4 Å². The lowest BCUT2D eigenvalue weighted by Crippen LogP contribution is -2.40. The van der Waals surface area contributed by atoms with E-state index in [0.717, 1.165) is 24.2 Å². The van der Waals surface area contributed by atoms with E-state index in [1.807, 2.05) is 0 Å². The van der Waals surface area contributed by atoms with Gasteiger partial charge in [0, 0.05) is 19.2 Å². The summed E-state index contributed by atoms with van der Waals surface area (Å²) in [6.07, 6.45) is 4.75. The number of carbonyl (C=O) groups excluding carboxylic acids is 2. The zero-order valence-electron chi connectivity index (χ0n) is 18.9. The number of carbonyl (C=O) groups is 2. The van der Waals surface area contributed by atoms with Gasteiger partial charge in [0.15, 0.2) is 0 Å². The SMILES string of the molecule is CCOC(=O)/C=c1\s/c(=C/c2cc(OC)cc(OC)c2)c(=O)n1CC(=O)NCC1CCCO1. The molecule has 9 nitrogen and oxygen atoms in total. The lowest BCUT2D eigenvalue weighted by Gasteiger charge is -2.10. The fourth-order valence-corrected chi connectivity index (χ4v) is 4.40. The highest BCUT2D eigenvalue weighted by Crippen LogP contribution is 2.22. The van der Waals surface area contributed by atoms with Gasteiger partial charge in [-0.1, -0.05) is 0 Å². The zero-order chi connectivity index (χ0) is 23.8. The average molecular weight is 477 g/mol. The standard InChI is InChI=1S/C23H28N2O7S/c1-4-31-22(27)12-21-25(14-20(26)24-13-16-6-5-7-32-16)23(28)19(33-21)10-15-8-17(29-2)11-18(9-15)30-3/h8-12,16H,4-7,13-14H2,1-3H3,(H,24,26)/b19-10+,21-12-. The number of methoxy groups -OCH3 is 2. The van der Waals surface area contributed by atoms with Crippen molar-refractivity contribution in [2.75, 3.05) is 34.0 Å². The monoisotopic (exact) mass is 476 g/mol. The van der Waals surface area contributed by atoms with Gasteiger partial charge in [0.05, 0.1) is 37.5 Å². The largest absolute Gasteiger partial charge is 0.497 e. The summed E-state index contributed by atoms with van der Waals surface area (Å²) in [5.74, 6) is 0.231. The van der Waals surface area contributed by atoms with Gasteiger partial charge < -0.3 is 24.3 Å². The van der Waals surface area contributed by atoms with Crippen LogP contribution in [0.15, 0.2) is 23.0 Å². The molecule has 1 saturated heterocycles. The molecule has 1 aliphatic heterocycles. The molecular weight excluding hydrogens is 448 g/mol. The number of nitrogens with zero attached hydrogens (tertiary/aromatic N) is 1. The lowest BCUT2D eigenvalue weighted by atomic mass is 10.2. The van der Waals surface area contributed by atoms with E-state index in [1.165, 1.54) is 24.9 Å². The Labute approximate surface area is 195 Å². The van der Waals surface area contributed by atoms with E-state index in [-0.39, 0.29) is 30.7 Å². The molecule has 178 valence electrons. The van der Waals surface area contributed by atoms with Gasteiger partial charge in [0.25, 0.3) is 5.56 Å². The summed E-state index contributed by atoms with van der Waals surface area (Å²) in [4.78, 5) is 37.7. The lowest BCUT2D eigenvalue weighted by molar-refractivity contribution is -0.135. The van der Waals surface area contributed by atoms with Gasteiger partial charge in [-0.3, -0.25) is 14.2 Å². The molecule has 2 heterocycles. The highest BCUT2D eigenvalue weighted by molar-refractivity contribution is 7.07. The highest BCUT2D eigenvalue weighted by Gasteiger charge is 2.17. The van der Waals surface area contributed by atoms with Gasteiger partial charge in [0.1, 0.15) is 22.7 Å². The molecule has 0 saturated carbocycles. The summed E-state index contributed by atoms with van der Waals surface area (Å²) in [5, 5.41) is 2.80. The molecule has 1 aliphatic rings. The fraction of sp³-hybridized carbons (Fsp3) is 0.435. The molecule has 0 bridgehead atoms. The summed E-state index contributed by atoms with van der Waals surface area (Å²) >= 11 is 1.10. The topological polar surface area (TPSA) is 105 Å². The number of hydrogen-bond donors (Lipinski definition) is 1. The van der Waals surface area contributed by atoms with Crippen molar-refractivity contribution in [2.45, 2.75) is 32.4 Å². The average Bonchev–Trinajstić information content (AvgIpc) is 3.42. The first kappa shape index (κ1) is 24.5. The van der Waals surface area contributed by atoms with Crippen LogP contribution in [0.4, 0.5) is 0 Å². The zero-order valence-corrected chi connectivity index (χ0v) is 19.7. The second kappa shape index (κ2) is 11.7. The molecule has 0 aliphatic carbocycles. The van der Waals surface area contributed by atoms with Crippen LogP contribution in [0.2, 0.25) is 0 Å². The third-order valence-corrected chi connectivity index (χ3v) is 6.05. The molecular formula is C23H28N2O7S. The maximum absolute atomic E-state index is 13.1. The van der Waals surface area contributed by atoms with Crippen molar-refractivity contribution in [1.82, 2.24) is 9.88 Å². The van der Waals surface area contributed by atoms with E-state index in [2.05, 4.69) is 5.32 Å². The van der Waals surface area contributed by atoms with Crippen LogP contribution >= 0.6 is 11.3 Å². The van der Waals surface area contributed by atoms with Gasteiger partial charge in [-0.25, -0.2) is 4.79 Å². The van der Waals surface area contributed by atoms with E-state index in [9.17, 15) is 14.4 Å². The van der Waals surface area contributed by atoms with E-state index in [4.69, 9.17) is 18.9 Å². The number of thiazole rings is 1. The molecule has 1 aromatic heterocycles. The number of rotatable bonds is 9. The molecule has 0 radical (unpaired) electrons. The van der Waals surface area contributed by atoms with E-state index < -0.39 is 5.97 Å². The van der Waals surface area contributed by atoms with Crippen molar-refractivity contribution in [3.8, 4) is 11.5 Å². The Morgan fingerprint density at radius 1 is 1.24 bits per heavy atom. The Balaban J connectivity index is 1.96. The third-order valence-electron chi connectivity index (χ3n) is 4.99. The molecule has 3 rings (SSSR count). The molecule has 1 fully saturated rings. The number of aromatic nitrogens is 1. The van der Waals surface area contributed by atoms with Crippen LogP contribution in [0.1, 0.15) is 25.3 Å². The molecule has 1 N–H and O–H groups in total. The number of ether oxygens (including phenoxy) is 4. The van der Waals surface area contributed by atoms with Crippen LogP contribution in [-0.4, -0.2) is 56.5 Å². The third kappa shape index (κ3) is 6.69.